The van der Waals surface area contributed by atoms with E-state index in [1.807, 2.05) is 18.5 Å². The molecule has 3 aromatic carbocycles. The first-order valence-electron chi connectivity index (χ1n) is 9.85. The average Bonchev–Trinajstić information content (AvgIpc) is 2.96. The minimum Gasteiger partial charge on any atom is -0.264 e. The number of benzene rings is 3. The fourth-order valence-electron chi connectivity index (χ4n) is 4.49. The van der Waals surface area contributed by atoms with Crippen LogP contribution in [0.2, 0.25) is 0 Å². The van der Waals surface area contributed by atoms with Crippen LogP contribution >= 0.6 is 0 Å². The van der Waals surface area contributed by atoms with Gasteiger partial charge in [-0.2, -0.15) is 0 Å². The summed E-state index contributed by atoms with van der Waals surface area (Å²) < 4.78 is 0. The van der Waals surface area contributed by atoms with Crippen LogP contribution < -0.4 is 0 Å². The van der Waals surface area contributed by atoms with E-state index in [4.69, 9.17) is 0 Å². The first-order chi connectivity index (χ1) is 13.6. The molecule has 0 radical (unpaired) electrons. The highest BCUT2D eigenvalue weighted by Crippen LogP contribution is 2.48. The van der Waals surface area contributed by atoms with Gasteiger partial charge >= 0.3 is 0 Å². The van der Waals surface area contributed by atoms with Gasteiger partial charge in [0.25, 0.3) is 0 Å². The first-order valence-corrected chi connectivity index (χ1v) is 9.85. The maximum Gasteiger partial charge on any atom is 0.0346 e. The molecule has 5 rings (SSSR count). The monoisotopic (exact) mass is 361 g/mol. The standard InChI is InChI=1S/C27H23N/c1-27(2)25-11-4-3-10-23(25)24-13-12-20(17-26(24)27)15-19-7-5-8-21(16-19)22-9-6-14-28-18-22/h3-14,16-18H,15H2,1-2H3. The predicted octanol–water partition coefficient (Wildman–Crippen LogP) is 6.65. The molecule has 0 saturated heterocycles. The van der Waals surface area contributed by atoms with Gasteiger partial charge in [-0.05, 0) is 57.0 Å². The minimum atomic E-state index is 0.0551. The molecule has 0 aliphatic heterocycles. The smallest absolute Gasteiger partial charge is 0.0346 e. The molecular formula is C27H23N. The summed E-state index contributed by atoms with van der Waals surface area (Å²) in [4.78, 5) is 4.25. The van der Waals surface area contributed by atoms with Crippen LogP contribution in [-0.4, -0.2) is 4.98 Å². The van der Waals surface area contributed by atoms with Gasteiger partial charge in [0.2, 0.25) is 0 Å². The zero-order valence-corrected chi connectivity index (χ0v) is 16.3. The molecule has 1 aromatic heterocycles. The van der Waals surface area contributed by atoms with Crippen molar-refractivity contribution in [3.05, 3.63) is 114 Å². The van der Waals surface area contributed by atoms with Crippen molar-refractivity contribution in [3.63, 3.8) is 0 Å². The number of aromatic nitrogens is 1. The first kappa shape index (κ1) is 16.9. The lowest BCUT2D eigenvalue weighted by molar-refractivity contribution is 0.659. The molecule has 0 atom stereocenters. The van der Waals surface area contributed by atoms with E-state index in [1.54, 1.807) is 0 Å². The number of rotatable bonds is 3. The Hall–Kier alpha value is -3.19. The van der Waals surface area contributed by atoms with E-state index in [1.165, 1.54) is 38.9 Å². The number of hydrogen-bond acceptors (Lipinski definition) is 1. The number of hydrogen-bond donors (Lipinski definition) is 0. The summed E-state index contributed by atoms with van der Waals surface area (Å²) in [6.07, 6.45) is 4.68. The number of pyridine rings is 1. The molecule has 0 saturated carbocycles. The van der Waals surface area contributed by atoms with Crippen LogP contribution in [0.1, 0.15) is 36.1 Å². The van der Waals surface area contributed by atoms with E-state index >= 15 is 0 Å². The lowest BCUT2D eigenvalue weighted by atomic mass is 9.81. The van der Waals surface area contributed by atoms with Gasteiger partial charge < -0.3 is 0 Å². The fraction of sp³-hybridized carbons (Fsp3) is 0.148. The van der Waals surface area contributed by atoms with Crippen LogP contribution in [0.4, 0.5) is 0 Å². The molecule has 0 bridgehead atoms. The lowest BCUT2D eigenvalue weighted by Gasteiger charge is -2.22. The molecule has 1 heterocycles. The van der Waals surface area contributed by atoms with E-state index in [0.29, 0.717) is 0 Å². The molecule has 1 aliphatic carbocycles. The second kappa shape index (κ2) is 6.45. The fourth-order valence-corrected chi connectivity index (χ4v) is 4.49. The van der Waals surface area contributed by atoms with Crippen molar-refractivity contribution in [3.8, 4) is 22.3 Å². The van der Waals surface area contributed by atoms with Crippen molar-refractivity contribution in [2.75, 3.05) is 0 Å². The highest BCUT2D eigenvalue weighted by atomic mass is 14.6. The molecule has 1 nitrogen and oxygen atoms in total. The Morgan fingerprint density at radius 1 is 0.679 bits per heavy atom. The molecule has 0 fully saturated rings. The molecule has 4 aromatic rings. The van der Waals surface area contributed by atoms with Crippen molar-refractivity contribution >= 4 is 0 Å². The van der Waals surface area contributed by atoms with Crippen LogP contribution in [0.5, 0.6) is 0 Å². The summed E-state index contributed by atoms with van der Waals surface area (Å²) in [6, 6.07) is 28.7. The Kier molecular flexibility index (Phi) is 3.91. The van der Waals surface area contributed by atoms with E-state index < -0.39 is 0 Å². The van der Waals surface area contributed by atoms with Gasteiger partial charge in [-0.3, -0.25) is 4.98 Å². The van der Waals surface area contributed by atoms with Crippen molar-refractivity contribution in [1.29, 1.82) is 0 Å². The normalized spacial score (nSPS) is 13.8. The average molecular weight is 361 g/mol. The predicted molar refractivity (Wildman–Crippen MR) is 116 cm³/mol. The number of fused-ring (bicyclic) bond motifs is 3. The topological polar surface area (TPSA) is 12.9 Å². The zero-order chi connectivity index (χ0) is 19.1. The second-order valence-corrected chi connectivity index (χ2v) is 8.17. The van der Waals surface area contributed by atoms with Gasteiger partial charge in [-0.1, -0.05) is 86.6 Å². The van der Waals surface area contributed by atoms with E-state index in [2.05, 4.69) is 91.6 Å². The van der Waals surface area contributed by atoms with Gasteiger partial charge in [0.1, 0.15) is 0 Å². The largest absolute Gasteiger partial charge is 0.264 e. The highest BCUT2D eigenvalue weighted by Gasteiger charge is 2.34. The van der Waals surface area contributed by atoms with Crippen LogP contribution in [-0.2, 0) is 11.8 Å². The Labute approximate surface area is 166 Å². The van der Waals surface area contributed by atoms with Crippen molar-refractivity contribution in [2.45, 2.75) is 25.7 Å². The van der Waals surface area contributed by atoms with E-state index in [9.17, 15) is 0 Å². The minimum absolute atomic E-state index is 0.0551. The van der Waals surface area contributed by atoms with Crippen molar-refractivity contribution < 1.29 is 0 Å². The zero-order valence-electron chi connectivity index (χ0n) is 16.3. The summed E-state index contributed by atoms with van der Waals surface area (Å²) in [5, 5.41) is 0. The van der Waals surface area contributed by atoms with Gasteiger partial charge in [0, 0.05) is 17.8 Å². The SMILES string of the molecule is CC1(C)c2ccccc2-c2ccc(Cc3cccc(-c4cccnc4)c3)cc21. The van der Waals surface area contributed by atoms with E-state index in [-0.39, 0.29) is 5.41 Å². The third-order valence-corrected chi connectivity index (χ3v) is 5.98. The molecule has 136 valence electrons. The van der Waals surface area contributed by atoms with Gasteiger partial charge in [-0.25, -0.2) is 0 Å². The highest BCUT2D eigenvalue weighted by molar-refractivity contribution is 5.81. The molecule has 0 spiro atoms. The van der Waals surface area contributed by atoms with Crippen LogP contribution in [0.25, 0.3) is 22.3 Å². The molecule has 28 heavy (non-hydrogen) atoms. The van der Waals surface area contributed by atoms with Gasteiger partial charge in [0.15, 0.2) is 0 Å². The Bertz CT molecular complexity index is 1160. The molecular weight excluding hydrogens is 338 g/mol. The molecule has 0 N–H and O–H groups in total. The van der Waals surface area contributed by atoms with Gasteiger partial charge in [-0.15, -0.1) is 0 Å². The molecule has 0 unspecified atom stereocenters. The van der Waals surface area contributed by atoms with Gasteiger partial charge in [0.05, 0.1) is 0 Å². The quantitative estimate of drug-likeness (QED) is 0.398. The maximum absolute atomic E-state index is 4.25. The van der Waals surface area contributed by atoms with Crippen molar-refractivity contribution in [2.24, 2.45) is 0 Å². The Morgan fingerprint density at radius 3 is 2.32 bits per heavy atom. The summed E-state index contributed by atoms with van der Waals surface area (Å²) >= 11 is 0. The number of nitrogens with zero attached hydrogens (tertiary/aromatic N) is 1. The third-order valence-electron chi connectivity index (χ3n) is 5.98. The Morgan fingerprint density at radius 2 is 1.46 bits per heavy atom. The lowest BCUT2D eigenvalue weighted by Crippen LogP contribution is -2.15. The van der Waals surface area contributed by atoms with Crippen LogP contribution in [0, 0.1) is 0 Å². The molecule has 1 heteroatoms. The Balaban J connectivity index is 1.50. The summed E-state index contributed by atoms with van der Waals surface area (Å²) in [5.41, 5.74) is 10.8. The second-order valence-electron chi connectivity index (χ2n) is 8.17. The van der Waals surface area contributed by atoms with Crippen LogP contribution in [0.15, 0.2) is 91.3 Å². The third kappa shape index (κ3) is 2.75. The molecule has 1 aliphatic rings. The van der Waals surface area contributed by atoms with Crippen LogP contribution in [0.3, 0.4) is 0 Å². The maximum atomic E-state index is 4.25. The van der Waals surface area contributed by atoms with Crippen molar-refractivity contribution in [1.82, 2.24) is 4.98 Å². The van der Waals surface area contributed by atoms with E-state index in [0.717, 1.165) is 12.0 Å². The summed E-state index contributed by atoms with van der Waals surface area (Å²) in [5.74, 6) is 0. The summed E-state index contributed by atoms with van der Waals surface area (Å²) in [6.45, 7) is 4.68. The molecule has 0 amide bonds. The summed E-state index contributed by atoms with van der Waals surface area (Å²) in [7, 11) is 0.